The summed E-state index contributed by atoms with van der Waals surface area (Å²) in [5.74, 6) is -7.97. The van der Waals surface area contributed by atoms with E-state index in [0.717, 1.165) is 27.7 Å². The second-order valence-electron chi connectivity index (χ2n) is 15.1. The number of fused-ring (bicyclic) bond motifs is 1. The molecular formula is C41H49NO14. The molecule has 0 bridgehead atoms. The number of rotatable bonds is 8. The Kier molecular flexibility index (Phi) is 13.3. The Morgan fingerprint density at radius 2 is 1.29 bits per heavy atom. The van der Waals surface area contributed by atoms with E-state index in [4.69, 9.17) is 28.4 Å². The minimum Gasteiger partial charge on any atom is -0.459 e. The maximum absolute atomic E-state index is 13.8. The van der Waals surface area contributed by atoms with E-state index in [1.165, 1.54) is 43.6 Å². The van der Waals surface area contributed by atoms with Gasteiger partial charge in [-0.25, -0.2) is 9.59 Å². The molecule has 56 heavy (non-hydrogen) atoms. The van der Waals surface area contributed by atoms with E-state index >= 15 is 0 Å². The molecule has 2 aliphatic rings. The van der Waals surface area contributed by atoms with E-state index in [0.29, 0.717) is 0 Å². The van der Waals surface area contributed by atoms with Gasteiger partial charge in [-0.05, 0) is 31.2 Å². The largest absolute Gasteiger partial charge is 0.459 e. The fraction of sp³-hybridized carbons (Fsp3) is 0.488. The minimum atomic E-state index is -2.38. The van der Waals surface area contributed by atoms with E-state index in [-0.39, 0.29) is 16.7 Å². The van der Waals surface area contributed by atoms with Crippen LogP contribution in [0.1, 0.15) is 82.5 Å². The number of aromatic nitrogens is 1. The third-order valence-corrected chi connectivity index (χ3v) is 9.98. The van der Waals surface area contributed by atoms with Crippen LogP contribution in [0.25, 0.3) is 0 Å². The molecular weight excluding hydrogens is 730 g/mol. The average Bonchev–Trinajstić information content (AvgIpc) is 3.33. The zero-order chi connectivity index (χ0) is 41.7. The molecule has 0 amide bonds. The van der Waals surface area contributed by atoms with Crippen LogP contribution < -0.4 is 0 Å². The second-order valence-corrected chi connectivity index (χ2v) is 15.1. The van der Waals surface area contributed by atoms with Crippen molar-refractivity contribution in [3.63, 3.8) is 0 Å². The maximum atomic E-state index is 13.8. The van der Waals surface area contributed by atoms with Crippen LogP contribution in [0.4, 0.5) is 0 Å². The number of esters is 6. The fourth-order valence-corrected chi connectivity index (χ4v) is 7.70. The number of nitrogens with zero attached hydrogens (tertiary/aromatic N) is 1. The first-order valence-corrected chi connectivity index (χ1v) is 18.0. The van der Waals surface area contributed by atoms with Gasteiger partial charge in [0.1, 0.15) is 35.6 Å². The molecule has 1 aromatic carbocycles. The number of hydrogen-bond acceptors (Lipinski definition) is 15. The van der Waals surface area contributed by atoms with E-state index < -0.39 is 107 Å². The van der Waals surface area contributed by atoms with Crippen LogP contribution >= 0.6 is 0 Å². The number of carbonyl (C=O) groups excluding carboxylic acids is 6. The van der Waals surface area contributed by atoms with Crippen molar-refractivity contribution in [3.8, 4) is 0 Å². The molecule has 0 aliphatic heterocycles. The zero-order valence-electron chi connectivity index (χ0n) is 32.6. The molecule has 7 unspecified atom stereocenters. The topological polar surface area (TPSA) is 211 Å². The van der Waals surface area contributed by atoms with Gasteiger partial charge in [0, 0.05) is 63.4 Å². The van der Waals surface area contributed by atoms with Gasteiger partial charge >= 0.3 is 35.8 Å². The standard InChI is InChI=1S/C41H49NO14/c1-22-17-18-39(7,8)36(55-38(49)29-16-13-19-42-20-29)31(47)33(52-25(4)44)23(2)32(51-24(3)43)30-35(54-37(48)28-14-11-10-12-15-28)40(9,56-27(6)46)21-41(30,50)34(22)53-26(5)45/h10-20,22,30-36,47,50H,2,21H2,1,3-9H3/t22?,30-,31?,32?,33?,34?,35?,36?,40-,41-/m1/s1. The van der Waals surface area contributed by atoms with Gasteiger partial charge < -0.3 is 38.6 Å². The summed E-state index contributed by atoms with van der Waals surface area (Å²) in [4.78, 5) is 82.7. The predicted octanol–water partition coefficient (Wildman–Crippen LogP) is 3.85. The van der Waals surface area contributed by atoms with Crippen LogP contribution in [0.5, 0.6) is 0 Å². The fourth-order valence-electron chi connectivity index (χ4n) is 7.70. The van der Waals surface area contributed by atoms with Crippen LogP contribution in [0, 0.1) is 17.3 Å². The third-order valence-electron chi connectivity index (χ3n) is 9.98. The summed E-state index contributed by atoms with van der Waals surface area (Å²) in [5, 5.41) is 25.4. The van der Waals surface area contributed by atoms with Gasteiger partial charge in [-0.3, -0.25) is 24.2 Å². The molecule has 0 saturated heterocycles. The first-order chi connectivity index (χ1) is 26.1. The highest BCUT2D eigenvalue weighted by atomic mass is 16.6. The zero-order valence-corrected chi connectivity index (χ0v) is 32.6. The quantitative estimate of drug-likeness (QED) is 0.221. The summed E-state index contributed by atoms with van der Waals surface area (Å²) in [6.07, 6.45) is -5.06. The van der Waals surface area contributed by atoms with Crippen LogP contribution in [0.3, 0.4) is 0 Å². The Balaban J connectivity index is 2.06. The van der Waals surface area contributed by atoms with Crippen LogP contribution in [0.2, 0.25) is 0 Å². The predicted molar refractivity (Wildman–Crippen MR) is 196 cm³/mol. The van der Waals surface area contributed by atoms with E-state index in [9.17, 15) is 39.0 Å². The van der Waals surface area contributed by atoms with Gasteiger partial charge in [0.05, 0.1) is 17.0 Å². The number of hydrogen-bond donors (Lipinski definition) is 2. The van der Waals surface area contributed by atoms with Crippen LogP contribution in [0.15, 0.2) is 79.2 Å². The van der Waals surface area contributed by atoms with Crippen molar-refractivity contribution in [3.05, 3.63) is 90.3 Å². The summed E-state index contributed by atoms with van der Waals surface area (Å²) < 4.78 is 35.3. The number of pyridine rings is 1. The molecule has 2 N–H and O–H groups in total. The third kappa shape index (κ3) is 9.51. The Morgan fingerprint density at radius 3 is 1.84 bits per heavy atom. The minimum absolute atomic E-state index is 0.0402. The van der Waals surface area contributed by atoms with Gasteiger partial charge in [0.25, 0.3) is 0 Å². The number of benzene rings is 1. The van der Waals surface area contributed by atoms with Crippen LogP contribution in [-0.2, 0) is 47.6 Å². The van der Waals surface area contributed by atoms with Crippen molar-refractivity contribution in [1.29, 1.82) is 0 Å². The Hall–Kier alpha value is -5.41. The number of carbonyl (C=O) groups is 6. The van der Waals surface area contributed by atoms with E-state index in [1.54, 1.807) is 51.1 Å². The Morgan fingerprint density at radius 1 is 0.732 bits per heavy atom. The monoisotopic (exact) mass is 779 g/mol. The van der Waals surface area contributed by atoms with Crippen LogP contribution in [-0.4, -0.2) is 98.8 Å². The Labute approximate surface area is 325 Å². The maximum Gasteiger partial charge on any atom is 0.340 e. The van der Waals surface area contributed by atoms with E-state index in [1.807, 2.05) is 0 Å². The van der Waals surface area contributed by atoms with Crippen molar-refractivity contribution in [1.82, 2.24) is 4.98 Å². The molecule has 1 aromatic heterocycles. The molecule has 2 aliphatic carbocycles. The first-order valence-electron chi connectivity index (χ1n) is 18.0. The van der Waals surface area contributed by atoms with Gasteiger partial charge in [0.15, 0.2) is 12.2 Å². The number of ether oxygens (including phenoxy) is 6. The normalized spacial score (nSPS) is 31.3. The molecule has 0 radical (unpaired) electrons. The molecule has 1 fully saturated rings. The molecule has 1 heterocycles. The summed E-state index contributed by atoms with van der Waals surface area (Å²) >= 11 is 0. The average molecular weight is 780 g/mol. The molecule has 15 nitrogen and oxygen atoms in total. The van der Waals surface area contributed by atoms with Crippen molar-refractivity contribution in [2.75, 3.05) is 0 Å². The lowest BCUT2D eigenvalue weighted by Crippen LogP contribution is -2.59. The van der Waals surface area contributed by atoms with Gasteiger partial charge in [0.2, 0.25) is 0 Å². The first kappa shape index (κ1) is 43.3. The molecule has 0 spiro atoms. The molecule has 15 heteroatoms. The molecule has 10 atom stereocenters. The number of aliphatic hydroxyl groups is 2. The summed E-state index contributed by atoms with van der Waals surface area (Å²) in [7, 11) is 0. The summed E-state index contributed by atoms with van der Waals surface area (Å²) in [6.45, 7) is 14.7. The highest BCUT2D eigenvalue weighted by Crippen LogP contribution is 2.54. The SMILES string of the molecule is C=C1C(OC(C)=O)C(O)C(OC(=O)c2cccnc2)C(C)(C)C=CC(C)C(OC(C)=O)[C@@]2(O)C[C@@](C)(OC(C)=O)C(OC(=O)c3ccccc3)[C@H]2C1OC(C)=O. The van der Waals surface area contributed by atoms with E-state index in [2.05, 4.69) is 11.6 Å². The lowest BCUT2D eigenvalue weighted by atomic mass is 9.71. The lowest BCUT2D eigenvalue weighted by molar-refractivity contribution is -0.193. The van der Waals surface area contributed by atoms with Crippen molar-refractivity contribution in [2.45, 2.75) is 110 Å². The highest BCUT2D eigenvalue weighted by Gasteiger charge is 2.70. The molecule has 2 aromatic rings. The molecule has 302 valence electrons. The van der Waals surface area contributed by atoms with Gasteiger partial charge in [-0.15, -0.1) is 0 Å². The van der Waals surface area contributed by atoms with Crippen molar-refractivity contribution in [2.24, 2.45) is 17.3 Å². The highest BCUT2D eigenvalue weighted by molar-refractivity contribution is 5.90. The smallest absolute Gasteiger partial charge is 0.340 e. The van der Waals surface area contributed by atoms with Gasteiger partial charge in [-0.2, -0.15) is 0 Å². The second kappa shape index (κ2) is 17.2. The number of aliphatic hydroxyl groups excluding tert-OH is 1. The Bertz CT molecular complexity index is 1840. The molecule has 4 rings (SSSR count). The van der Waals surface area contributed by atoms with Crippen molar-refractivity contribution < 1.29 is 67.4 Å². The summed E-state index contributed by atoms with van der Waals surface area (Å²) in [6, 6.07) is 10.7. The lowest BCUT2D eigenvalue weighted by Gasteiger charge is -2.45. The molecule has 1 saturated carbocycles. The summed E-state index contributed by atoms with van der Waals surface area (Å²) in [5.41, 5.74) is -5.82. The van der Waals surface area contributed by atoms with Gasteiger partial charge in [-0.1, -0.05) is 57.7 Å². The van der Waals surface area contributed by atoms with Crippen molar-refractivity contribution >= 4 is 35.8 Å².